The molecule has 1 aliphatic rings. The van der Waals surface area contributed by atoms with Crippen LogP contribution >= 0.6 is 11.6 Å². The maximum Gasteiger partial charge on any atom is 0.417 e. The van der Waals surface area contributed by atoms with Crippen molar-refractivity contribution in [2.75, 3.05) is 24.5 Å². The molecule has 2 heterocycles. The van der Waals surface area contributed by atoms with E-state index in [0.29, 0.717) is 38.0 Å². The first-order valence-electron chi connectivity index (χ1n) is 9.81. The molecule has 0 atom stereocenters. The molecular formula is C22H22ClF4N3O. The van der Waals surface area contributed by atoms with Gasteiger partial charge in [-0.3, -0.25) is 4.79 Å². The van der Waals surface area contributed by atoms with Gasteiger partial charge in [0, 0.05) is 43.9 Å². The first-order chi connectivity index (χ1) is 14.7. The highest BCUT2D eigenvalue weighted by Gasteiger charge is 2.33. The van der Waals surface area contributed by atoms with Crippen LogP contribution in [0.2, 0.25) is 5.02 Å². The average Bonchev–Trinajstić information content (AvgIpc) is 2.74. The van der Waals surface area contributed by atoms with Gasteiger partial charge in [0.05, 0.1) is 10.6 Å². The van der Waals surface area contributed by atoms with E-state index in [1.807, 2.05) is 0 Å². The number of alkyl halides is 3. The van der Waals surface area contributed by atoms with E-state index in [1.54, 1.807) is 34.1 Å². The van der Waals surface area contributed by atoms with Crippen molar-refractivity contribution < 1.29 is 22.4 Å². The zero-order chi connectivity index (χ0) is 22.6. The van der Waals surface area contributed by atoms with Crippen molar-refractivity contribution in [1.82, 2.24) is 9.88 Å². The Balaban J connectivity index is 1.65. The van der Waals surface area contributed by atoms with E-state index in [2.05, 4.69) is 11.6 Å². The highest BCUT2D eigenvalue weighted by molar-refractivity contribution is 6.33. The van der Waals surface area contributed by atoms with E-state index in [1.165, 1.54) is 6.07 Å². The number of aromatic nitrogens is 1. The quantitative estimate of drug-likeness (QED) is 0.436. The number of hydrogen-bond donors (Lipinski definition) is 0. The van der Waals surface area contributed by atoms with Gasteiger partial charge in [-0.15, -0.1) is 6.58 Å². The molecule has 0 spiro atoms. The molecule has 1 fully saturated rings. The maximum atomic E-state index is 14.0. The topological polar surface area (TPSA) is 36.4 Å². The number of halogens is 5. The highest BCUT2D eigenvalue weighted by Crippen LogP contribution is 2.35. The summed E-state index contributed by atoms with van der Waals surface area (Å²) >= 11 is 6.04. The Bertz CT molecular complexity index is 943. The summed E-state index contributed by atoms with van der Waals surface area (Å²) in [4.78, 5) is 20.3. The van der Waals surface area contributed by atoms with E-state index in [9.17, 15) is 22.4 Å². The number of anilines is 1. The molecule has 3 rings (SSSR count). The molecule has 0 unspecified atom stereocenters. The third-order valence-electron chi connectivity index (χ3n) is 5.27. The summed E-state index contributed by atoms with van der Waals surface area (Å²) in [6, 6.07) is 7.16. The molecule has 0 saturated carbocycles. The van der Waals surface area contributed by atoms with Gasteiger partial charge in [-0.25, -0.2) is 9.37 Å². The molecule has 0 bridgehead atoms. The number of pyridine rings is 1. The number of piperidine rings is 1. The van der Waals surface area contributed by atoms with Gasteiger partial charge in [0.2, 0.25) is 5.91 Å². The number of benzene rings is 1. The molecule has 1 aliphatic heterocycles. The Kier molecular flexibility index (Phi) is 7.20. The molecule has 31 heavy (non-hydrogen) atoms. The molecule has 0 N–H and O–H groups in total. The van der Waals surface area contributed by atoms with Crippen LogP contribution in [0.3, 0.4) is 0 Å². The average molecular weight is 456 g/mol. The van der Waals surface area contributed by atoms with Crippen LogP contribution in [-0.4, -0.2) is 35.4 Å². The monoisotopic (exact) mass is 455 g/mol. The normalized spacial score (nSPS) is 15.1. The largest absolute Gasteiger partial charge is 0.417 e. The Morgan fingerprint density at radius 2 is 1.97 bits per heavy atom. The second kappa shape index (κ2) is 9.68. The van der Waals surface area contributed by atoms with E-state index < -0.39 is 11.7 Å². The van der Waals surface area contributed by atoms with Crippen molar-refractivity contribution in [3.8, 4) is 0 Å². The first-order valence-corrected chi connectivity index (χ1v) is 10.2. The van der Waals surface area contributed by atoms with Crippen LogP contribution in [0.15, 0.2) is 49.2 Å². The summed E-state index contributed by atoms with van der Waals surface area (Å²) in [6.45, 7) is 4.97. The van der Waals surface area contributed by atoms with Crippen LogP contribution in [0.4, 0.5) is 23.4 Å². The van der Waals surface area contributed by atoms with Crippen LogP contribution in [0.5, 0.6) is 0 Å². The first kappa shape index (κ1) is 23.1. The van der Waals surface area contributed by atoms with Gasteiger partial charge in [-0.05, 0) is 25.0 Å². The van der Waals surface area contributed by atoms with Gasteiger partial charge in [0.25, 0.3) is 0 Å². The minimum absolute atomic E-state index is 0.0764. The number of rotatable bonds is 6. The van der Waals surface area contributed by atoms with Crippen molar-refractivity contribution in [2.24, 2.45) is 5.92 Å². The second-order valence-electron chi connectivity index (χ2n) is 7.39. The number of amides is 1. The summed E-state index contributed by atoms with van der Waals surface area (Å²) < 4.78 is 52.5. The lowest BCUT2D eigenvalue weighted by Gasteiger charge is -2.35. The zero-order valence-corrected chi connectivity index (χ0v) is 17.5. The SMILES string of the molecule is C=CCN(Cc1ccccc1F)C(=O)C1CCN(c2ncc(C(F)(F)F)cc2Cl)CC1. The van der Waals surface area contributed by atoms with Gasteiger partial charge in [-0.1, -0.05) is 35.9 Å². The van der Waals surface area contributed by atoms with Crippen molar-refractivity contribution >= 4 is 23.3 Å². The fraction of sp³-hybridized carbons (Fsp3) is 0.364. The van der Waals surface area contributed by atoms with Crippen LogP contribution in [0, 0.1) is 11.7 Å². The third kappa shape index (κ3) is 5.55. The fourth-order valence-electron chi connectivity index (χ4n) is 3.64. The standard InChI is InChI=1S/C22H22ClF4N3O/c1-2-9-30(14-16-5-3-4-6-19(16)24)21(31)15-7-10-29(11-8-15)20-18(23)12-17(13-28-20)22(25,26)27/h2-6,12-13,15H,1,7-11,14H2. The molecule has 1 saturated heterocycles. The van der Waals surface area contributed by atoms with Crippen molar-refractivity contribution in [2.45, 2.75) is 25.6 Å². The van der Waals surface area contributed by atoms with Crippen LogP contribution < -0.4 is 4.90 Å². The molecule has 9 heteroatoms. The summed E-state index contributed by atoms with van der Waals surface area (Å²) in [7, 11) is 0. The Morgan fingerprint density at radius 3 is 2.55 bits per heavy atom. The Morgan fingerprint density at radius 1 is 1.29 bits per heavy atom. The molecule has 166 valence electrons. The van der Waals surface area contributed by atoms with Crippen LogP contribution in [0.1, 0.15) is 24.0 Å². The molecule has 1 aromatic carbocycles. The Labute approximate surface area is 183 Å². The minimum atomic E-state index is -4.51. The second-order valence-corrected chi connectivity index (χ2v) is 7.79. The predicted molar refractivity (Wildman–Crippen MR) is 111 cm³/mol. The molecule has 1 amide bonds. The van der Waals surface area contributed by atoms with E-state index >= 15 is 0 Å². The maximum absolute atomic E-state index is 14.0. The molecule has 0 radical (unpaired) electrons. The number of hydrogen-bond acceptors (Lipinski definition) is 3. The van der Waals surface area contributed by atoms with E-state index in [4.69, 9.17) is 11.6 Å². The number of nitrogens with zero attached hydrogens (tertiary/aromatic N) is 3. The summed E-state index contributed by atoms with van der Waals surface area (Å²) in [5, 5.41) is -0.0764. The van der Waals surface area contributed by atoms with Gasteiger partial charge < -0.3 is 9.80 Å². The number of carbonyl (C=O) groups is 1. The zero-order valence-electron chi connectivity index (χ0n) is 16.7. The number of carbonyl (C=O) groups excluding carboxylic acids is 1. The van der Waals surface area contributed by atoms with Crippen molar-refractivity contribution in [3.63, 3.8) is 0 Å². The van der Waals surface area contributed by atoms with Crippen LogP contribution in [-0.2, 0) is 17.5 Å². The lowest BCUT2D eigenvalue weighted by Crippen LogP contribution is -2.43. The molecule has 4 nitrogen and oxygen atoms in total. The smallest absolute Gasteiger partial charge is 0.355 e. The molecule has 1 aromatic heterocycles. The molecule has 0 aliphatic carbocycles. The third-order valence-corrected chi connectivity index (χ3v) is 5.55. The van der Waals surface area contributed by atoms with Gasteiger partial charge in [0.15, 0.2) is 0 Å². The van der Waals surface area contributed by atoms with Crippen LogP contribution in [0.25, 0.3) is 0 Å². The lowest BCUT2D eigenvalue weighted by atomic mass is 9.95. The highest BCUT2D eigenvalue weighted by atomic mass is 35.5. The van der Waals surface area contributed by atoms with Gasteiger partial charge in [-0.2, -0.15) is 13.2 Å². The summed E-state index contributed by atoms with van der Waals surface area (Å²) in [5.74, 6) is -0.484. The van der Waals surface area contributed by atoms with E-state index in [0.717, 1.165) is 12.3 Å². The molecule has 2 aromatic rings. The van der Waals surface area contributed by atoms with Crippen molar-refractivity contribution in [1.29, 1.82) is 0 Å². The van der Waals surface area contributed by atoms with E-state index in [-0.39, 0.29) is 35.0 Å². The lowest BCUT2D eigenvalue weighted by molar-refractivity contribution is -0.138. The summed E-state index contributed by atoms with van der Waals surface area (Å²) in [6.07, 6.45) is -1.18. The minimum Gasteiger partial charge on any atom is -0.355 e. The molecular weight excluding hydrogens is 434 g/mol. The predicted octanol–water partition coefficient (Wildman–Crippen LogP) is 5.32. The summed E-state index contributed by atoms with van der Waals surface area (Å²) in [5.41, 5.74) is -0.476. The fourth-order valence-corrected chi connectivity index (χ4v) is 3.92. The van der Waals surface area contributed by atoms with Gasteiger partial charge in [0.1, 0.15) is 11.6 Å². The Hall–Kier alpha value is -2.61. The van der Waals surface area contributed by atoms with Gasteiger partial charge >= 0.3 is 6.18 Å². The van der Waals surface area contributed by atoms with Crippen molar-refractivity contribution in [3.05, 3.63) is 71.2 Å².